The van der Waals surface area contributed by atoms with Gasteiger partial charge in [0.1, 0.15) is 5.75 Å². The van der Waals surface area contributed by atoms with Crippen LogP contribution in [-0.2, 0) is 15.3 Å². The summed E-state index contributed by atoms with van der Waals surface area (Å²) in [6, 6.07) is 5.41. The summed E-state index contributed by atoms with van der Waals surface area (Å²) in [5, 5.41) is 11.2. The van der Waals surface area contributed by atoms with Crippen molar-refractivity contribution in [3.8, 4) is 5.75 Å². The van der Waals surface area contributed by atoms with Gasteiger partial charge in [-0.05, 0) is 37.7 Å². The van der Waals surface area contributed by atoms with Crippen molar-refractivity contribution in [2.45, 2.75) is 37.1 Å². The van der Waals surface area contributed by atoms with E-state index >= 15 is 0 Å². The van der Waals surface area contributed by atoms with Gasteiger partial charge in [0, 0.05) is 16.7 Å². The highest BCUT2D eigenvalue weighted by molar-refractivity contribution is 6.14. The van der Waals surface area contributed by atoms with E-state index in [0.717, 1.165) is 18.4 Å². The highest BCUT2D eigenvalue weighted by Gasteiger charge is 2.62. The summed E-state index contributed by atoms with van der Waals surface area (Å²) in [6.45, 7) is 0.932. The first kappa shape index (κ1) is 14.6. The smallest absolute Gasteiger partial charge is 0.223 e. The zero-order valence-corrected chi connectivity index (χ0v) is 13.6. The van der Waals surface area contributed by atoms with Gasteiger partial charge in [0.25, 0.3) is 0 Å². The Morgan fingerprint density at radius 1 is 1.29 bits per heavy atom. The number of hydrogen-bond acceptors (Lipinski definition) is 5. The van der Waals surface area contributed by atoms with E-state index in [-0.39, 0.29) is 11.7 Å². The van der Waals surface area contributed by atoms with E-state index in [1.54, 1.807) is 19.2 Å². The van der Waals surface area contributed by atoms with Crippen molar-refractivity contribution >= 4 is 5.78 Å². The molecule has 2 unspecified atom stereocenters. The van der Waals surface area contributed by atoms with Crippen LogP contribution in [0.2, 0.25) is 0 Å². The lowest BCUT2D eigenvalue weighted by Crippen LogP contribution is -2.40. The van der Waals surface area contributed by atoms with Crippen molar-refractivity contribution in [3.63, 3.8) is 0 Å². The van der Waals surface area contributed by atoms with E-state index in [2.05, 4.69) is 0 Å². The molecule has 1 aromatic carbocycles. The molecule has 2 bridgehead atoms. The molecule has 2 fully saturated rings. The molecule has 24 heavy (non-hydrogen) atoms. The number of carbonyl (C=O) groups excluding carboxylic acids is 1. The van der Waals surface area contributed by atoms with Crippen molar-refractivity contribution < 1.29 is 24.1 Å². The van der Waals surface area contributed by atoms with Gasteiger partial charge >= 0.3 is 0 Å². The zero-order chi connectivity index (χ0) is 16.5. The number of rotatable bonds is 1. The topological polar surface area (TPSA) is 65.0 Å². The van der Waals surface area contributed by atoms with Crippen LogP contribution in [0.15, 0.2) is 29.3 Å². The van der Waals surface area contributed by atoms with Crippen LogP contribution in [0.3, 0.4) is 0 Å². The molecule has 3 aliphatic carbocycles. The molecule has 0 radical (unpaired) electrons. The van der Waals surface area contributed by atoms with Crippen LogP contribution in [0.4, 0.5) is 0 Å². The summed E-state index contributed by atoms with van der Waals surface area (Å²) in [5.74, 6) is -0.456. The third-order valence-electron chi connectivity index (χ3n) is 5.97. The molecular formula is C19H20O5. The van der Waals surface area contributed by atoms with E-state index in [1.165, 1.54) is 0 Å². The molecule has 5 nitrogen and oxygen atoms in total. The van der Waals surface area contributed by atoms with E-state index in [1.807, 2.05) is 6.07 Å². The van der Waals surface area contributed by atoms with Crippen LogP contribution in [0.25, 0.3) is 0 Å². The highest BCUT2D eigenvalue weighted by Crippen LogP contribution is 2.61. The third kappa shape index (κ3) is 1.58. The Balaban J connectivity index is 1.85. The number of aliphatic hydroxyl groups is 1. The second-order valence-electron chi connectivity index (χ2n) is 7.14. The summed E-state index contributed by atoms with van der Waals surface area (Å²) >= 11 is 0. The number of ketones is 1. The van der Waals surface area contributed by atoms with Gasteiger partial charge in [-0.1, -0.05) is 12.1 Å². The second-order valence-corrected chi connectivity index (χ2v) is 7.14. The summed E-state index contributed by atoms with van der Waals surface area (Å²) in [4.78, 5) is 13.3. The standard InChI is InChI=1S/C19H20O5/c1-22-13-6-2-5-12-15(13)19(23-8-9-24-19)14-11-4-3-7-18(21,10-11)16(14)17(12)20/h2,5-6,11,21H,3-4,7-10H2,1H3. The van der Waals surface area contributed by atoms with E-state index in [9.17, 15) is 9.90 Å². The van der Waals surface area contributed by atoms with E-state index < -0.39 is 11.4 Å². The quantitative estimate of drug-likeness (QED) is 0.857. The molecule has 4 aliphatic rings. The lowest BCUT2D eigenvalue weighted by molar-refractivity contribution is -0.141. The van der Waals surface area contributed by atoms with Gasteiger partial charge in [-0.25, -0.2) is 0 Å². The summed E-state index contributed by atoms with van der Waals surface area (Å²) in [7, 11) is 1.59. The average Bonchev–Trinajstić information content (AvgIpc) is 3.14. The van der Waals surface area contributed by atoms with Crippen LogP contribution >= 0.6 is 0 Å². The maximum atomic E-state index is 13.3. The Kier molecular flexibility index (Phi) is 2.86. The number of ether oxygens (including phenoxy) is 3. The first-order valence-electron chi connectivity index (χ1n) is 8.58. The maximum absolute atomic E-state index is 13.3. The molecule has 1 heterocycles. The number of Topliss-reactive ketones (excluding diaryl/α,β-unsaturated/α-hetero) is 1. The summed E-state index contributed by atoms with van der Waals surface area (Å²) < 4.78 is 17.8. The molecule has 0 amide bonds. The fourth-order valence-electron chi connectivity index (χ4n) is 5.16. The second kappa shape index (κ2) is 4.69. The first-order chi connectivity index (χ1) is 11.6. The largest absolute Gasteiger partial charge is 0.496 e. The number of carbonyl (C=O) groups is 1. The number of hydrogen-bond donors (Lipinski definition) is 1. The normalized spacial score (nSPS) is 32.9. The predicted octanol–water partition coefficient (Wildman–Crippen LogP) is 2.32. The minimum absolute atomic E-state index is 0.101. The Hall–Kier alpha value is -1.69. The maximum Gasteiger partial charge on any atom is 0.223 e. The molecule has 5 rings (SSSR count). The van der Waals surface area contributed by atoms with Crippen molar-refractivity contribution in [2.24, 2.45) is 5.92 Å². The number of fused-ring (bicyclic) bond motifs is 7. The molecule has 1 aromatic rings. The van der Waals surface area contributed by atoms with Crippen molar-refractivity contribution in [1.29, 1.82) is 0 Å². The van der Waals surface area contributed by atoms with Crippen LogP contribution < -0.4 is 4.74 Å². The summed E-state index contributed by atoms with van der Waals surface area (Å²) in [5.41, 5.74) is 1.52. The molecule has 1 saturated heterocycles. The zero-order valence-electron chi connectivity index (χ0n) is 13.6. The molecule has 126 valence electrons. The van der Waals surface area contributed by atoms with Crippen LogP contribution in [-0.4, -0.2) is 36.8 Å². The SMILES string of the molecule is COc1cccc2c1C1(OCCO1)C1=C(C2=O)C2(O)CCCC1C2. The Morgan fingerprint density at radius 3 is 2.83 bits per heavy atom. The number of benzene rings is 1. The Morgan fingerprint density at radius 2 is 2.08 bits per heavy atom. The molecule has 1 N–H and O–H groups in total. The van der Waals surface area contributed by atoms with E-state index in [0.29, 0.717) is 48.5 Å². The molecule has 0 aromatic heterocycles. The van der Waals surface area contributed by atoms with Crippen LogP contribution in [0.1, 0.15) is 41.6 Å². The van der Waals surface area contributed by atoms with E-state index in [4.69, 9.17) is 14.2 Å². The van der Waals surface area contributed by atoms with Crippen molar-refractivity contribution in [2.75, 3.05) is 20.3 Å². The molecule has 1 saturated carbocycles. The average molecular weight is 328 g/mol. The molecule has 2 atom stereocenters. The third-order valence-corrected chi connectivity index (χ3v) is 5.97. The van der Waals surface area contributed by atoms with Gasteiger partial charge in [0.05, 0.1) is 31.5 Å². The van der Waals surface area contributed by atoms with Gasteiger partial charge in [-0.2, -0.15) is 0 Å². The van der Waals surface area contributed by atoms with Crippen LogP contribution in [0.5, 0.6) is 5.75 Å². The van der Waals surface area contributed by atoms with Gasteiger partial charge in [-0.15, -0.1) is 0 Å². The molecule has 1 aliphatic heterocycles. The molecule has 1 spiro atoms. The van der Waals surface area contributed by atoms with Crippen LogP contribution in [0, 0.1) is 5.92 Å². The lowest BCUT2D eigenvalue weighted by Gasteiger charge is -2.38. The fourth-order valence-corrected chi connectivity index (χ4v) is 5.16. The Labute approximate surface area is 140 Å². The summed E-state index contributed by atoms with van der Waals surface area (Å²) in [6.07, 6.45) is 3.08. The van der Waals surface area contributed by atoms with Gasteiger partial charge in [0.2, 0.25) is 5.79 Å². The first-order valence-corrected chi connectivity index (χ1v) is 8.58. The number of methoxy groups -OCH3 is 1. The molecular weight excluding hydrogens is 308 g/mol. The minimum atomic E-state index is -1.08. The predicted molar refractivity (Wildman–Crippen MR) is 84.8 cm³/mol. The minimum Gasteiger partial charge on any atom is -0.496 e. The van der Waals surface area contributed by atoms with Crippen molar-refractivity contribution in [3.05, 3.63) is 40.5 Å². The highest BCUT2D eigenvalue weighted by atomic mass is 16.7. The van der Waals surface area contributed by atoms with Crippen molar-refractivity contribution in [1.82, 2.24) is 0 Å². The fraction of sp³-hybridized carbons (Fsp3) is 0.526. The van der Waals surface area contributed by atoms with Gasteiger partial charge in [0.15, 0.2) is 5.78 Å². The lowest BCUT2D eigenvalue weighted by atomic mass is 9.77. The molecule has 5 heteroatoms. The van der Waals surface area contributed by atoms with Gasteiger partial charge in [-0.3, -0.25) is 4.79 Å². The van der Waals surface area contributed by atoms with Gasteiger partial charge < -0.3 is 19.3 Å². The Bertz CT molecular complexity index is 774. The monoisotopic (exact) mass is 328 g/mol.